The van der Waals surface area contributed by atoms with Crippen molar-refractivity contribution in [2.45, 2.75) is 26.2 Å². The maximum atomic E-state index is 12.7. The molecule has 24 heavy (non-hydrogen) atoms. The summed E-state index contributed by atoms with van der Waals surface area (Å²) in [5.41, 5.74) is 2.98. The first kappa shape index (κ1) is 17.1. The first-order chi connectivity index (χ1) is 11.5. The number of likely N-dealkylation sites (N-methyl/N-ethyl adjacent to an activating group) is 1. The fourth-order valence-electron chi connectivity index (χ4n) is 2.93. The molecule has 1 aromatic carbocycles. The SMILES string of the molecule is CC(C)c1ccc(-c2nc(C(=O)N3CCCN(C)CC3)cs2)cc1. The minimum Gasteiger partial charge on any atom is -0.336 e. The molecule has 5 heteroatoms. The summed E-state index contributed by atoms with van der Waals surface area (Å²) >= 11 is 1.55. The molecule has 0 radical (unpaired) electrons. The van der Waals surface area contributed by atoms with Gasteiger partial charge in [0.25, 0.3) is 5.91 Å². The van der Waals surface area contributed by atoms with Crippen molar-refractivity contribution in [3.8, 4) is 10.6 Å². The van der Waals surface area contributed by atoms with Gasteiger partial charge in [0.1, 0.15) is 10.7 Å². The summed E-state index contributed by atoms with van der Waals surface area (Å²) in [4.78, 5) is 21.5. The molecule has 0 unspecified atom stereocenters. The van der Waals surface area contributed by atoms with E-state index < -0.39 is 0 Å². The van der Waals surface area contributed by atoms with Gasteiger partial charge in [-0.2, -0.15) is 0 Å². The summed E-state index contributed by atoms with van der Waals surface area (Å²) < 4.78 is 0. The lowest BCUT2D eigenvalue weighted by Gasteiger charge is -2.19. The van der Waals surface area contributed by atoms with Crippen molar-refractivity contribution in [1.82, 2.24) is 14.8 Å². The second-order valence-electron chi connectivity index (χ2n) is 6.76. The Morgan fingerprint density at radius 2 is 1.88 bits per heavy atom. The summed E-state index contributed by atoms with van der Waals surface area (Å²) in [6.45, 7) is 7.96. The molecule has 2 aromatic rings. The predicted octanol–water partition coefficient (Wildman–Crippen LogP) is 3.71. The zero-order chi connectivity index (χ0) is 17.1. The second kappa shape index (κ2) is 7.45. The lowest BCUT2D eigenvalue weighted by molar-refractivity contribution is 0.0758. The number of thiazole rings is 1. The van der Waals surface area contributed by atoms with Crippen molar-refractivity contribution in [1.29, 1.82) is 0 Å². The number of benzene rings is 1. The number of amides is 1. The molecule has 0 atom stereocenters. The normalized spacial score (nSPS) is 16.4. The van der Waals surface area contributed by atoms with Crippen molar-refractivity contribution in [3.63, 3.8) is 0 Å². The Kier molecular flexibility index (Phi) is 5.31. The Morgan fingerprint density at radius 1 is 1.12 bits per heavy atom. The Labute approximate surface area is 148 Å². The van der Waals surface area contributed by atoms with E-state index in [0.29, 0.717) is 11.6 Å². The van der Waals surface area contributed by atoms with Crippen molar-refractivity contribution < 1.29 is 4.79 Å². The number of rotatable bonds is 3. The van der Waals surface area contributed by atoms with Gasteiger partial charge >= 0.3 is 0 Å². The van der Waals surface area contributed by atoms with Crippen LogP contribution < -0.4 is 0 Å². The van der Waals surface area contributed by atoms with Crippen LogP contribution in [-0.2, 0) is 0 Å². The average molecular weight is 343 g/mol. The molecular weight excluding hydrogens is 318 g/mol. The fourth-order valence-corrected chi connectivity index (χ4v) is 3.73. The highest BCUT2D eigenvalue weighted by molar-refractivity contribution is 7.13. The van der Waals surface area contributed by atoms with E-state index in [0.717, 1.165) is 43.2 Å². The van der Waals surface area contributed by atoms with Crippen LogP contribution in [-0.4, -0.2) is 53.9 Å². The van der Waals surface area contributed by atoms with Gasteiger partial charge in [0.2, 0.25) is 0 Å². The molecular formula is C19H25N3OS. The molecule has 2 heterocycles. The molecule has 1 aliphatic rings. The van der Waals surface area contributed by atoms with Crippen molar-refractivity contribution in [2.75, 3.05) is 33.2 Å². The molecule has 0 bridgehead atoms. The number of carbonyl (C=O) groups excluding carboxylic acids is 1. The summed E-state index contributed by atoms with van der Waals surface area (Å²) in [7, 11) is 2.11. The van der Waals surface area contributed by atoms with Gasteiger partial charge in [-0.3, -0.25) is 4.79 Å². The Bertz CT molecular complexity index is 693. The predicted molar refractivity (Wildman–Crippen MR) is 99.7 cm³/mol. The maximum absolute atomic E-state index is 12.7. The minimum atomic E-state index is 0.0617. The molecule has 0 saturated carbocycles. The topological polar surface area (TPSA) is 36.4 Å². The van der Waals surface area contributed by atoms with Crippen molar-refractivity contribution >= 4 is 17.2 Å². The first-order valence-electron chi connectivity index (χ1n) is 8.58. The summed E-state index contributed by atoms with van der Waals surface area (Å²) in [5.74, 6) is 0.584. The van der Waals surface area contributed by atoms with Crippen LogP contribution in [0.1, 0.15) is 42.2 Å². The highest BCUT2D eigenvalue weighted by Crippen LogP contribution is 2.26. The minimum absolute atomic E-state index is 0.0617. The summed E-state index contributed by atoms with van der Waals surface area (Å²) in [6.07, 6.45) is 1.02. The first-order valence-corrected chi connectivity index (χ1v) is 9.46. The molecule has 1 aliphatic heterocycles. The quantitative estimate of drug-likeness (QED) is 0.852. The van der Waals surface area contributed by atoms with Crippen LogP contribution in [0.5, 0.6) is 0 Å². The molecule has 128 valence electrons. The van der Waals surface area contributed by atoms with E-state index in [1.165, 1.54) is 5.56 Å². The van der Waals surface area contributed by atoms with Crippen LogP contribution in [0, 0.1) is 0 Å². The third-order valence-electron chi connectivity index (χ3n) is 4.55. The lowest BCUT2D eigenvalue weighted by atomic mass is 10.0. The lowest BCUT2D eigenvalue weighted by Crippen LogP contribution is -2.34. The standard InChI is InChI=1S/C19H25N3OS/c1-14(2)15-5-7-16(8-6-15)18-20-17(13-24-18)19(23)22-10-4-9-21(3)11-12-22/h5-8,13-14H,4,9-12H2,1-3H3. The molecule has 1 fully saturated rings. The van der Waals surface area contributed by atoms with Gasteiger partial charge in [-0.25, -0.2) is 4.98 Å². The smallest absolute Gasteiger partial charge is 0.273 e. The van der Waals surface area contributed by atoms with Crippen molar-refractivity contribution in [2.24, 2.45) is 0 Å². The molecule has 3 rings (SSSR count). The average Bonchev–Trinajstić information content (AvgIpc) is 2.97. The number of hydrogen-bond donors (Lipinski definition) is 0. The van der Waals surface area contributed by atoms with Crippen LogP contribution in [0.3, 0.4) is 0 Å². The van der Waals surface area contributed by atoms with E-state index in [2.05, 4.69) is 55.0 Å². The molecule has 0 aliphatic carbocycles. The van der Waals surface area contributed by atoms with E-state index in [1.54, 1.807) is 11.3 Å². The zero-order valence-electron chi connectivity index (χ0n) is 14.7. The fraction of sp³-hybridized carbons (Fsp3) is 0.474. The monoisotopic (exact) mass is 343 g/mol. The van der Waals surface area contributed by atoms with Gasteiger partial charge in [-0.1, -0.05) is 38.1 Å². The van der Waals surface area contributed by atoms with Crippen LogP contribution in [0.2, 0.25) is 0 Å². The van der Waals surface area contributed by atoms with Crippen molar-refractivity contribution in [3.05, 3.63) is 40.9 Å². The third kappa shape index (κ3) is 3.84. The maximum Gasteiger partial charge on any atom is 0.273 e. The van der Waals surface area contributed by atoms with Gasteiger partial charge in [-0.05, 0) is 31.5 Å². The zero-order valence-corrected chi connectivity index (χ0v) is 15.5. The Morgan fingerprint density at radius 3 is 2.58 bits per heavy atom. The third-order valence-corrected chi connectivity index (χ3v) is 5.45. The molecule has 4 nitrogen and oxygen atoms in total. The van der Waals surface area contributed by atoms with Crippen LogP contribution in [0.15, 0.2) is 29.6 Å². The molecule has 0 spiro atoms. The van der Waals surface area contributed by atoms with Gasteiger partial charge in [0.15, 0.2) is 0 Å². The van der Waals surface area contributed by atoms with Crippen LogP contribution in [0.25, 0.3) is 10.6 Å². The molecule has 1 amide bonds. The highest BCUT2D eigenvalue weighted by Gasteiger charge is 2.21. The van der Waals surface area contributed by atoms with Gasteiger partial charge < -0.3 is 9.80 Å². The summed E-state index contributed by atoms with van der Waals surface area (Å²) in [6, 6.07) is 8.49. The molecule has 1 aromatic heterocycles. The van der Waals surface area contributed by atoms with Crippen LogP contribution in [0.4, 0.5) is 0 Å². The largest absolute Gasteiger partial charge is 0.336 e. The van der Waals surface area contributed by atoms with E-state index in [4.69, 9.17) is 0 Å². The molecule has 1 saturated heterocycles. The Balaban J connectivity index is 1.73. The van der Waals surface area contributed by atoms with E-state index >= 15 is 0 Å². The van der Waals surface area contributed by atoms with Gasteiger partial charge in [0.05, 0.1) is 0 Å². The van der Waals surface area contributed by atoms with E-state index in [1.807, 2.05) is 10.3 Å². The number of nitrogens with zero attached hydrogens (tertiary/aromatic N) is 3. The van der Waals surface area contributed by atoms with E-state index in [-0.39, 0.29) is 5.91 Å². The van der Waals surface area contributed by atoms with Gasteiger partial charge in [-0.15, -0.1) is 11.3 Å². The number of aromatic nitrogens is 1. The second-order valence-corrected chi connectivity index (χ2v) is 7.62. The number of hydrogen-bond acceptors (Lipinski definition) is 4. The summed E-state index contributed by atoms with van der Waals surface area (Å²) in [5, 5.41) is 2.81. The van der Waals surface area contributed by atoms with E-state index in [9.17, 15) is 4.79 Å². The number of carbonyl (C=O) groups is 1. The molecule has 0 N–H and O–H groups in total. The Hall–Kier alpha value is -1.72. The van der Waals surface area contributed by atoms with Crippen LogP contribution >= 0.6 is 11.3 Å². The highest BCUT2D eigenvalue weighted by atomic mass is 32.1. The van der Waals surface area contributed by atoms with Gasteiger partial charge in [0, 0.05) is 30.6 Å².